The molecule has 1 saturated heterocycles. The largest absolute Gasteiger partial charge is 0.386 e. The number of benzene rings is 1. The summed E-state index contributed by atoms with van der Waals surface area (Å²) in [5.41, 5.74) is 0.824. The third-order valence-corrected chi connectivity index (χ3v) is 3.36. The van der Waals surface area contributed by atoms with Crippen LogP contribution in [0.4, 0.5) is 0 Å². The Labute approximate surface area is 102 Å². The van der Waals surface area contributed by atoms with Crippen LogP contribution in [0.25, 0.3) is 0 Å². The molecule has 0 bridgehead atoms. The zero-order valence-corrected chi connectivity index (χ0v) is 9.92. The standard InChI is InChI=1S/C14H18N2O/c15-11-13(16-9-5-2-6-10-16)14(17)12-7-3-1-4-8-12/h1,3-4,7-8,13-14,17H,2,5-6,9-10H2/t13-,14-/m1/s1. The summed E-state index contributed by atoms with van der Waals surface area (Å²) in [7, 11) is 0. The van der Waals surface area contributed by atoms with Crippen molar-refractivity contribution in [1.29, 1.82) is 5.26 Å². The first kappa shape index (κ1) is 12.1. The van der Waals surface area contributed by atoms with Gasteiger partial charge in [0.1, 0.15) is 12.1 Å². The van der Waals surface area contributed by atoms with Gasteiger partial charge in [0, 0.05) is 0 Å². The molecule has 1 aliphatic rings. The fraction of sp³-hybridized carbons (Fsp3) is 0.500. The number of nitrogens with zero attached hydrogens (tertiary/aromatic N) is 2. The van der Waals surface area contributed by atoms with Gasteiger partial charge < -0.3 is 5.11 Å². The lowest BCUT2D eigenvalue weighted by Gasteiger charge is -2.33. The molecule has 1 fully saturated rings. The van der Waals surface area contributed by atoms with E-state index in [1.807, 2.05) is 30.3 Å². The van der Waals surface area contributed by atoms with Gasteiger partial charge in [0.05, 0.1) is 6.07 Å². The van der Waals surface area contributed by atoms with Crippen molar-refractivity contribution >= 4 is 0 Å². The van der Waals surface area contributed by atoms with Crippen molar-refractivity contribution in [3.8, 4) is 6.07 Å². The van der Waals surface area contributed by atoms with Gasteiger partial charge in [0.2, 0.25) is 0 Å². The van der Waals surface area contributed by atoms with Crippen molar-refractivity contribution in [3.05, 3.63) is 35.9 Å². The monoisotopic (exact) mass is 230 g/mol. The highest BCUT2D eigenvalue weighted by molar-refractivity contribution is 5.21. The first-order valence-electron chi connectivity index (χ1n) is 6.19. The minimum absolute atomic E-state index is 0.419. The average Bonchev–Trinajstić information content (AvgIpc) is 2.42. The second kappa shape index (κ2) is 5.81. The summed E-state index contributed by atoms with van der Waals surface area (Å²) in [6.07, 6.45) is 2.77. The summed E-state index contributed by atoms with van der Waals surface area (Å²) in [5, 5.41) is 19.5. The van der Waals surface area contributed by atoms with Crippen molar-refractivity contribution in [1.82, 2.24) is 4.90 Å². The Kier molecular flexibility index (Phi) is 4.13. The second-order valence-electron chi connectivity index (χ2n) is 4.53. The van der Waals surface area contributed by atoms with Crippen molar-refractivity contribution in [2.24, 2.45) is 0 Å². The van der Waals surface area contributed by atoms with Gasteiger partial charge in [-0.05, 0) is 31.5 Å². The van der Waals surface area contributed by atoms with E-state index < -0.39 is 12.1 Å². The van der Waals surface area contributed by atoms with E-state index in [1.54, 1.807) is 0 Å². The molecule has 0 unspecified atom stereocenters. The van der Waals surface area contributed by atoms with Crippen LogP contribution in [0.15, 0.2) is 30.3 Å². The number of hydrogen-bond donors (Lipinski definition) is 1. The Balaban J connectivity index is 2.10. The molecule has 0 aromatic heterocycles. The van der Waals surface area contributed by atoms with Crippen LogP contribution in [0.1, 0.15) is 30.9 Å². The zero-order chi connectivity index (χ0) is 12.1. The van der Waals surface area contributed by atoms with Crippen LogP contribution in [-0.4, -0.2) is 29.1 Å². The highest BCUT2D eigenvalue weighted by Gasteiger charge is 2.27. The van der Waals surface area contributed by atoms with E-state index in [2.05, 4.69) is 11.0 Å². The number of rotatable bonds is 3. The molecule has 17 heavy (non-hydrogen) atoms. The maximum absolute atomic E-state index is 10.3. The minimum atomic E-state index is -0.709. The van der Waals surface area contributed by atoms with Gasteiger partial charge in [-0.15, -0.1) is 0 Å². The minimum Gasteiger partial charge on any atom is -0.386 e. The maximum Gasteiger partial charge on any atom is 0.128 e. The molecule has 1 heterocycles. The van der Waals surface area contributed by atoms with Crippen molar-refractivity contribution in [3.63, 3.8) is 0 Å². The summed E-state index contributed by atoms with van der Waals surface area (Å²) in [6, 6.07) is 11.3. The second-order valence-corrected chi connectivity index (χ2v) is 4.53. The molecule has 2 atom stereocenters. The molecule has 0 spiro atoms. The van der Waals surface area contributed by atoms with Crippen molar-refractivity contribution in [2.75, 3.05) is 13.1 Å². The van der Waals surface area contributed by atoms with E-state index in [4.69, 9.17) is 0 Å². The lowest BCUT2D eigenvalue weighted by molar-refractivity contribution is 0.0657. The van der Waals surface area contributed by atoms with Gasteiger partial charge in [-0.1, -0.05) is 36.8 Å². The number of hydrogen-bond acceptors (Lipinski definition) is 3. The molecule has 0 radical (unpaired) electrons. The van der Waals surface area contributed by atoms with Gasteiger partial charge in [-0.3, -0.25) is 4.90 Å². The van der Waals surface area contributed by atoms with E-state index in [0.717, 1.165) is 31.5 Å². The molecule has 1 aromatic rings. The predicted octanol–water partition coefficient (Wildman–Crippen LogP) is 2.10. The highest BCUT2D eigenvalue weighted by Crippen LogP contribution is 2.23. The molecule has 2 rings (SSSR count). The average molecular weight is 230 g/mol. The first-order valence-corrected chi connectivity index (χ1v) is 6.19. The zero-order valence-electron chi connectivity index (χ0n) is 9.92. The fourth-order valence-electron chi connectivity index (χ4n) is 2.38. The van der Waals surface area contributed by atoms with Gasteiger partial charge in [-0.2, -0.15) is 5.26 Å². The van der Waals surface area contributed by atoms with E-state index in [0.29, 0.717) is 0 Å². The smallest absolute Gasteiger partial charge is 0.128 e. The molecule has 3 heteroatoms. The molecular formula is C14H18N2O. The van der Waals surface area contributed by atoms with E-state index in [-0.39, 0.29) is 0 Å². The summed E-state index contributed by atoms with van der Waals surface area (Å²) >= 11 is 0. The Morgan fingerprint density at radius 3 is 2.35 bits per heavy atom. The fourth-order valence-corrected chi connectivity index (χ4v) is 2.38. The number of aliphatic hydroxyl groups is 1. The lowest BCUT2D eigenvalue weighted by atomic mass is 9.99. The van der Waals surface area contributed by atoms with E-state index in [1.165, 1.54) is 6.42 Å². The van der Waals surface area contributed by atoms with Crippen molar-refractivity contribution < 1.29 is 5.11 Å². The Hall–Kier alpha value is -1.37. The van der Waals surface area contributed by atoms with Crippen molar-refractivity contribution in [2.45, 2.75) is 31.4 Å². The molecule has 3 nitrogen and oxygen atoms in total. The summed E-state index contributed by atoms with van der Waals surface area (Å²) in [4.78, 5) is 2.10. The van der Waals surface area contributed by atoms with Crippen LogP contribution in [0.3, 0.4) is 0 Å². The molecule has 1 aromatic carbocycles. The summed E-state index contributed by atoms with van der Waals surface area (Å²) in [5.74, 6) is 0. The van der Waals surface area contributed by atoms with Gasteiger partial charge in [0.25, 0.3) is 0 Å². The number of nitriles is 1. The Bertz CT molecular complexity index is 379. The van der Waals surface area contributed by atoms with Gasteiger partial charge in [-0.25, -0.2) is 0 Å². The van der Waals surface area contributed by atoms with Crippen LogP contribution in [-0.2, 0) is 0 Å². The molecule has 0 saturated carbocycles. The van der Waals surface area contributed by atoms with E-state index >= 15 is 0 Å². The van der Waals surface area contributed by atoms with E-state index in [9.17, 15) is 10.4 Å². The summed E-state index contributed by atoms with van der Waals surface area (Å²) in [6.45, 7) is 1.84. The lowest BCUT2D eigenvalue weighted by Crippen LogP contribution is -2.41. The molecule has 0 aliphatic carbocycles. The molecule has 1 aliphatic heterocycles. The van der Waals surface area contributed by atoms with Crippen LogP contribution in [0.2, 0.25) is 0 Å². The van der Waals surface area contributed by atoms with Crippen LogP contribution < -0.4 is 0 Å². The van der Waals surface area contributed by atoms with Crippen LogP contribution >= 0.6 is 0 Å². The molecular weight excluding hydrogens is 212 g/mol. The molecule has 90 valence electrons. The van der Waals surface area contributed by atoms with Crippen LogP contribution in [0.5, 0.6) is 0 Å². The third kappa shape index (κ3) is 2.85. The number of likely N-dealkylation sites (tertiary alicyclic amines) is 1. The number of aliphatic hydroxyl groups excluding tert-OH is 1. The first-order chi connectivity index (χ1) is 8.33. The Morgan fingerprint density at radius 1 is 1.12 bits per heavy atom. The number of piperidine rings is 1. The maximum atomic E-state index is 10.3. The predicted molar refractivity (Wildman–Crippen MR) is 66.2 cm³/mol. The molecule has 1 N–H and O–H groups in total. The Morgan fingerprint density at radius 2 is 1.76 bits per heavy atom. The third-order valence-electron chi connectivity index (χ3n) is 3.36. The quantitative estimate of drug-likeness (QED) is 0.865. The van der Waals surface area contributed by atoms with Gasteiger partial charge in [0.15, 0.2) is 0 Å². The topological polar surface area (TPSA) is 47.3 Å². The SMILES string of the molecule is N#C[C@H]([C@H](O)c1ccccc1)N1CCCCC1. The normalized spacial score (nSPS) is 20.5. The van der Waals surface area contributed by atoms with Gasteiger partial charge >= 0.3 is 0 Å². The van der Waals surface area contributed by atoms with Crippen LogP contribution in [0, 0.1) is 11.3 Å². The molecule has 0 amide bonds. The summed E-state index contributed by atoms with van der Waals surface area (Å²) < 4.78 is 0. The highest BCUT2D eigenvalue weighted by atomic mass is 16.3.